The van der Waals surface area contributed by atoms with Crippen molar-refractivity contribution in [2.24, 2.45) is 5.92 Å². The zero-order valence-electron chi connectivity index (χ0n) is 12.3. The maximum absolute atomic E-state index is 12.2. The Morgan fingerprint density at radius 3 is 2.50 bits per heavy atom. The Balaban J connectivity index is 1.79. The first-order chi connectivity index (χ1) is 9.61. The first kappa shape index (κ1) is 15.1. The van der Waals surface area contributed by atoms with Crippen LogP contribution < -0.4 is 5.32 Å². The molecule has 114 valence electrons. The number of carboxylic acids is 1. The summed E-state index contributed by atoms with van der Waals surface area (Å²) in [4.78, 5) is 24.8. The van der Waals surface area contributed by atoms with Gasteiger partial charge in [-0.15, -0.1) is 0 Å². The Kier molecular flexibility index (Phi) is 5.26. The number of amides is 2. The van der Waals surface area contributed by atoms with E-state index in [0.29, 0.717) is 13.0 Å². The maximum atomic E-state index is 12.2. The van der Waals surface area contributed by atoms with E-state index in [2.05, 4.69) is 12.2 Å². The summed E-state index contributed by atoms with van der Waals surface area (Å²) >= 11 is 0. The SMILES string of the molecule is CCCC1CCC(NC(=O)N2CCC[C@@H]2C(=O)O)CC1. The Morgan fingerprint density at radius 2 is 1.90 bits per heavy atom. The van der Waals surface area contributed by atoms with Gasteiger partial charge in [-0.3, -0.25) is 0 Å². The van der Waals surface area contributed by atoms with E-state index in [0.717, 1.165) is 25.2 Å². The fraction of sp³-hybridized carbons (Fsp3) is 0.867. The van der Waals surface area contributed by atoms with Crippen molar-refractivity contribution in [3.05, 3.63) is 0 Å². The van der Waals surface area contributed by atoms with Crippen molar-refractivity contribution >= 4 is 12.0 Å². The summed E-state index contributed by atoms with van der Waals surface area (Å²) in [6.07, 6.45) is 8.30. The molecule has 1 aliphatic heterocycles. The van der Waals surface area contributed by atoms with Gasteiger partial charge in [-0.25, -0.2) is 9.59 Å². The third-order valence-electron chi connectivity index (χ3n) is 4.67. The predicted molar refractivity (Wildman–Crippen MR) is 76.5 cm³/mol. The minimum absolute atomic E-state index is 0.186. The largest absolute Gasteiger partial charge is 0.480 e. The number of carbonyl (C=O) groups is 2. The number of likely N-dealkylation sites (tertiary alicyclic amines) is 1. The summed E-state index contributed by atoms with van der Waals surface area (Å²) < 4.78 is 0. The summed E-state index contributed by atoms with van der Waals surface area (Å²) in [7, 11) is 0. The molecule has 2 aliphatic rings. The lowest BCUT2D eigenvalue weighted by atomic mass is 9.83. The highest BCUT2D eigenvalue weighted by molar-refractivity contribution is 5.83. The van der Waals surface area contributed by atoms with Crippen LogP contribution in [0.5, 0.6) is 0 Å². The van der Waals surface area contributed by atoms with Gasteiger partial charge in [0.25, 0.3) is 0 Å². The minimum Gasteiger partial charge on any atom is -0.480 e. The Bertz CT molecular complexity index is 351. The molecule has 1 saturated carbocycles. The molecule has 0 bridgehead atoms. The van der Waals surface area contributed by atoms with Gasteiger partial charge < -0.3 is 15.3 Å². The Morgan fingerprint density at radius 1 is 1.20 bits per heavy atom. The zero-order valence-corrected chi connectivity index (χ0v) is 12.3. The third kappa shape index (κ3) is 3.64. The maximum Gasteiger partial charge on any atom is 0.326 e. The fourth-order valence-corrected chi connectivity index (χ4v) is 3.53. The molecule has 2 fully saturated rings. The van der Waals surface area contributed by atoms with Crippen molar-refractivity contribution in [3.63, 3.8) is 0 Å². The predicted octanol–water partition coefficient (Wildman–Crippen LogP) is 2.60. The van der Waals surface area contributed by atoms with Gasteiger partial charge in [0.05, 0.1) is 0 Å². The molecule has 5 nitrogen and oxygen atoms in total. The van der Waals surface area contributed by atoms with Gasteiger partial charge in [0.1, 0.15) is 6.04 Å². The Labute approximate surface area is 120 Å². The molecule has 2 N–H and O–H groups in total. The van der Waals surface area contributed by atoms with Crippen LogP contribution in [-0.2, 0) is 4.79 Å². The van der Waals surface area contributed by atoms with Crippen molar-refractivity contribution in [3.8, 4) is 0 Å². The van der Waals surface area contributed by atoms with E-state index in [-0.39, 0.29) is 12.1 Å². The van der Waals surface area contributed by atoms with E-state index in [1.54, 1.807) is 0 Å². The van der Waals surface area contributed by atoms with Gasteiger partial charge in [0, 0.05) is 12.6 Å². The summed E-state index contributed by atoms with van der Waals surface area (Å²) in [6, 6.07) is -0.592. The molecule has 0 aromatic rings. The number of hydrogen-bond acceptors (Lipinski definition) is 2. The number of hydrogen-bond donors (Lipinski definition) is 2. The van der Waals surface area contributed by atoms with Crippen LogP contribution in [0.4, 0.5) is 4.79 Å². The van der Waals surface area contributed by atoms with Gasteiger partial charge in [-0.1, -0.05) is 19.8 Å². The van der Waals surface area contributed by atoms with Gasteiger partial charge in [-0.2, -0.15) is 0 Å². The highest BCUT2D eigenvalue weighted by Crippen LogP contribution is 2.28. The highest BCUT2D eigenvalue weighted by atomic mass is 16.4. The van der Waals surface area contributed by atoms with E-state index in [1.165, 1.54) is 30.6 Å². The number of carbonyl (C=O) groups excluding carboxylic acids is 1. The van der Waals surface area contributed by atoms with Gasteiger partial charge >= 0.3 is 12.0 Å². The van der Waals surface area contributed by atoms with Crippen molar-refractivity contribution < 1.29 is 14.7 Å². The van der Waals surface area contributed by atoms with E-state index < -0.39 is 12.0 Å². The van der Waals surface area contributed by atoms with E-state index in [4.69, 9.17) is 5.11 Å². The van der Waals surface area contributed by atoms with Gasteiger partial charge in [-0.05, 0) is 44.4 Å². The number of carboxylic acid groups (broad SMARTS) is 1. The summed E-state index contributed by atoms with van der Waals surface area (Å²) in [5, 5.41) is 12.1. The molecule has 2 amide bonds. The second-order valence-electron chi connectivity index (χ2n) is 6.15. The lowest BCUT2D eigenvalue weighted by Crippen LogP contribution is -2.49. The third-order valence-corrected chi connectivity index (χ3v) is 4.67. The molecule has 0 aromatic carbocycles. The van der Waals surface area contributed by atoms with Gasteiger partial charge in [0.2, 0.25) is 0 Å². The average Bonchev–Trinajstić information content (AvgIpc) is 2.91. The molecule has 2 rings (SSSR count). The molecular weight excluding hydrogens is 256 g/mol. The topological polar surface area (TPSA) is 69.6 Å². The molecule has 0 aromatic heterocycles. The smallest absolute Gasteiger partial charge is 0.326 e. The average molecular weight is 282 g/mol. The van der Waals surface area contributed by atoms with E-state index >= 15 is 0 Å². The molecule has 0 radical (unpaired) electrons. The van der Waals surface area contributed by atoms with Crippen LogP contribution in [0, 0.1) is 5.92 Å². The van der Waals surface area contributed by atoms with Crippen LogP contribution in [0.15, 0.2) is 0 Å². The zero-order chi connectivity index (χ0) is 14.5. The molecule has 1 aliphatic carbocycles. The van der Waals surface area contributed by atoms with Crippen LogP contribution >= 0.6 is 0 Å². The van der Waals surface area contributed by atoms with Crippen LogP contribution in [0.3, 0.4) is 0 Å². The van der Waals surface area contributed by atoms with E-state index in [1.807, 2.05) is 0 Å². The number of urea groups is 1. The molecule has 0 unspecified atom stereocenters. The van der Waals surface area contributed by atoms with Crippen molar-refractivity contribution in [2.75, 3.05) is 6.54 Å². The summed E-state index contributed by atoms with van der Waals surface area (Å²) in [5.74, 6) is -0.0731. The normalized spacial score (nSPS) is 30.2. The first-order valence-electron chi connectivity index (χ1n) is 7.91. The standard InChI is InChI=1S/C15H26N2O3/c1-2-4-11-6-8-12(9-7-11)16-15(20)17-10-3-5-13(17)14(18)19/h11-13H,2-10H2,1H3,(H,16,20)(H,18,19)/t11?,12?,13-/m1/s1. The molecule has 20 heavy (non-hydrogen) atoms. The second kappa shape index (κ2) is 6.95. The lowest BCUT2D eigenvalue weighted by molar-refractivity contribution is -0.141. The van der Waals surface area contributed by atoms with Crippen molar-refractivity contribution in [2.45, 2.75) is 70.4 Å². The number of rotatable bonds is 4. The van der Waals surface area contributed by atoms with Crippen molar-refractivity contribution in [1.82, 2.24) is 10.2 Å². The minimum atomic E-state index is -0.885. The number of nitrogens with zero attached hydrogens (tertiary/aromatic N) is 1. The number of nitrogens with one attached hydrogen (secondary N) is 1. The molecule has 1 atom stereocenters. The quantitative estimate of drug-likeness (QED) is 0.832. The molecule has 1 heterocycles. The molecule has 5 heteroatoms. The molecule has 0 spiro atoms. The van der Waals surface area contributed by atoms with Crippen molar-refractivity contribution in [1.29, 1.82) is 0 Å². The first-order valence-corrected chi connectivity index (χ1v) is 7.91. The van der Waals surface area contributed by atoms with E-state index in [9.17, 15) is 9.59 Å². The monoisotopic (exact) mass is 282 g/mol. The van der Waals surface area contributed by atoms with Crippen LogP contribution in [-0.4, -0.2) is 40.6 Å². The lowest BCUT2D eigenvalue weighted by Gasteiger charge is -2.31. The summed E-state index contributed by atoms with van der Waals surface area (Å²) in [5.41, 5.74) is 0. The number of aliphatic carboxylic acids is 1. The van der Waals surface area contributed by atoms with Crippen LogP contribution in [0.25, 0.3) is 0 Å². The fourth-order valence-electron chi connectivity index (χ4n) is 3.53. The molecular formula is C15H26N2O3. The van der Waals surface area contributed by atoms with Crippen LogP contribution in [0.2, 0.25) is 0 Å². The Hall–Kier alpha value is -1.26. The van der Waals surface area contributed by atoms with Crippen LogP contribution in [0.1, 0.15) is 58.3 Å². The highest BCUT2D eigenvalue weighted by Gasteiger charge is 2.35. The van der Waals surface area contributed by atoms with Gasteiger partial charge in [0.15, 0.2) is 0 Å². The summed E-state index contributed by atoms with van der Waals surface area (Å²) in [6.45, 7) is 2.78. The molecule has 1 saturated heterocycles. The second-order valence-corrected chi connectivity index (χ2v) is 6.15.